The molecule has 14 heavy (non-hydrogen) atoms. The van der Waals surface area contributed by atoms with Crippen molar-refractivity contribution in [3.8, 4) is 5.69 Å². The van der Waals surface area contributed by atoms with E-state index in [1.807, 2.05) is 0 Å². The number of aromatic nitrogens is 3. The Morgan fingerprint density at radius 3 is 2.79 bits per heavy atom. The minimum atomic E-state index is -0.329. The summed E-state index contributed by atoms with van der Waals surface area (Å²) in [6, 6.07) is 4.78. The molecule has 2 rings (SSSR count). The molecule has 0 unspecified atom stereocenters. The van der Waals surface area contributed by atoms with Crippen LogP contribution in [0.4, 0.5) is 4.39 Å². The molecule has 3 nitrogen and oxygen atoms in total. The second-order valence-corrected chi connectivity index (χ2v) is 3.66. The summed E-state index contributed by atoms with van der Waals surface area (Å²) in [4.78, 5) is 3.94. The summed E-state index contributed by atoms with van der Waals surface area (Å²) in [7, 11) is 0. The fourth-order valence-corrected chi connectivity index (χ4v) is 1.69. The molecule has 0 aliphatic rings. The van der Waals surface area contributed by atoms with Crippen molar-refractivity contribution in [3.05, 3.63) is 40.6 Å². The number of nitrogens with zero attached hydrogens (tertiary/aromatic N) is 3. The lowest BCUT2D eigenvalue weighted by Crippen LogP contribution is -1.99. The first-order chi connectivity index (χ1) is 6.68. The summed E-state index contributed by atoms with van der Waals surface area (Å²) in [5.74, 6) is 0.282. The van der Waals surface area contributed by atoms with Crippen LogP contribution in [0.3, 0.4) is 0 Å². The van der Waals surface area contributed by atoms with Gasteiger partial charge in [0.2, 0.25) is 0 Å². The lowest BCUT2D eigenvalue weighted by atomic mass is 10.3. The fraction of sp³-hybridized carbons (Fsp3) is 0.111. The Balaban J connectivity index is 2.61. The van der Waals surface area contributed by atoms with Crippen molar-refractivity contribution in [2.45, 2.75) is 6.92 Å². The minimum Gasteiger partial charge on any atom is -0.220 e. The molecule has 1 heterocycles. The van der Waals surface area contributed by atoms with Crippen LogP contribution in [0, 0.1) is 12.7 Å². The lowest BCUT2D eigenvalue weighted by molar-refractivity contribution is 0.608. The number of benzene rings is 1. The average Bonchev–Trinajstić information content (AvgIpc) is 2.51. The summed E-state index contributed by atoms with van der Waals surface area (Å²) in [5.41, 5.74) is 0.383. The Morgan fingerprint density at radius 1 is 1.43 bits per heavy atom. The van der Waals surface area contributed by atoms with E-state index in [4.69, 9.17) is 0 Å². The van der Waals surface area contributed by atoms with Gasteiger partial charge in [-0.05, 0) is 35.0 Å². The van der Waals surface area contributed by atoms with Crippen molar-refractivity contribution in [1.82, 2.24) is 14.8 Å². The number of hydrogen-bond donors (Lipinski definition) is 0. The van der Waals surface area contributed by atoms with Gasteiger partial charge < -0.3 is 0 Å². The number of rotatable bonds is 1. The highest BCUT2D eigenvalue weighted by atomic mass is 79.9. The third-order valence-electron chi connectivity index (χ3n) is 1.77. The van der Waals surface area contributed by atoms with Crippen LogP contribution in [0.25, 0.3) is 5.69 Å². The summed E-state index contributed by atoms with van der Waals surface area (Å²) in [5, 5.41) is 4.04. The molecule has 0 atom stereocenters. The maximum Gasteiger partial charge on any atom is 0.150 e. The van der Waals surface area contributed by atoms with Gasteiger partial charge in [0.1, 0.15) is 23.7 Å². The van der Waals surface area contributed by atoms with Gasteiger partial charge in [0, 0.05) is 4.47 Å². The van der Waals surface area contributed by atoms with Gasteiger partial charge in [0.05, 0.1) is 0 Å². The Morgan fingerprint density at radius 2 is 2.21 bits per heavy atom. The zero-order valence-electron chi connectivity index (χ0n) is 7.41. The van der Waals surface area contributed by atoms with Gasteiger partial charge in [-0.2, -0.15) is 5.10 Å². The smallest absolute Gasteiger partial charge is 0.150 e. The molecule has 0 N–H and O–H groups in total. The molecule has 0 spiro atoms. The van der Waals surface area contributed by atoms with E-state index in [0.29, 0.717) is 16.0 Å². The molecular formula is C9H7BrFN3. The van der Waals surface area contributed by atoms with Crippen molar-refractivity contribution in [1.29, 1.82) is 0 Å². The molecular weight excluding hydrogens is 249 g/mol. The van der Waals surface area contributed by atoms with E-state index in [0.717, 1.165) is 0 Å². The van der Waals surface area contributed by atoms with Crippen LogP contribution in [-0.2, 0) is 0 Å². The van der Waals surface area contributed by atoms with Gasteiger partial charge in [0.25, 0.3) is 0 Å². The summed E-state index contributed by atoms with van der Waals surface area (Å²) in [6.07, 6.45) is 1.48. The minimum absolute atomic E-state index is 0.329. The van der Waals surface area contributed by atoms with E-state index in [2.05, 4.69) is 26.0 Å². The van der Waals surface area contributed by atoms with E-state index < -0.39 is 0 Å². The van der Waals surface area contributed by atoms with Crippen LogP contribution in [0.5, 0.6) is 0 Å². The van der Waals surface area contributed by atoms with Crippen molar-refractivity contribution in [3.63, 3.8) is 0 Å². The van der Waals surface area contributed by atoms with E-state index in [1.54, 1.807) is 19.1 Å². The fourth-order valence-electron chi connectivity index (χ4n) is 1.16. The quantitative estimate of drug-likeness (QED) is 0.784. The third-order valence-corrected chi connectivity index (χ3v) is 2.41. The second-order valence-electron chi connectivity index (χ2n) is 2.81. The number of hydrogen-bond acceptors (Lipinski definition) is 2. The predicted molar refractivity (Wildman–Crippen MR) is 53.8 cm³/mol. The van der Waals surface area contributed by atoms with Crippen molar-refractivity contribution in [2.24, 2.45) is 0 Å². The Kier molecular flexibility index (Phi) is 2.33. The molecule has 0 amide bonds. The molecule has 2 aromatic rings. The van der Waals surface area contributed by atoms with Crippen molar-refractivity contribution in [2.75, 3.05) is 0 Å². The highest BCUT2D eigenvalue weighted by Gasteiger charge is 2.09. The van der Waals surface area contributed by atoms with Crippen molar-refractivity contribution >= 4 is 15.9 Å². The maximum absolute atomic E-state index is 13.4. The lowest BCUT2D eigenvalue weighted by Gasteiger charge is -2.04. The molecule has 1 aromatic carbocycles. The van der Waals surface area contributed by atoms with E-state index in [1.165, 1.54) is 17.1 Å². The van der Waals surface area contributed by atoms with E-state index >= 15 is 0 Å². The Bertz CT molecular complexity index is 447. The van der Waals surface area contributed by atoms with E-state index in [-0.39, 0.29) is 5.82 Å². The van der Waals surface area contributed by atoms with Crippen molar-refractivity contribution < 1.29 is 4.39 Å². The SMILES string of the molecule is Cc1ncn(-c2c(F)cccc2Br)n1. The normalized spacial score (nSPS) is 10.5. The first-order valence-corrected chi connectivity index (χ1v) is 4.80. The molecule has 72 valence electrons. The van der Waals surface area contributed by atoms with Crippen LogP contribution in [-0.4, -0.2) is 14.8 Å². The molecule has 0 saturated heterocycles. The van der Waals surface area contributed by atoms with Gasteiger partial charge >= 0.3 is 0 Å². The Labute approximate surface area is 88.7 Å². The number of aryl methyl sites for hydroxylation is 1. The Hall–Kier alpha value is -1.23. The molecule has 0 radical (unpaired) electrons. The van der Waals surface area contributed by atoms with Gasteiger partial charge in [-0.15, -0.1) is 0 Å². The van der Waals surface area contributed by atoms with Gasteiger partial charge in [-0.1, -0.05) is 6.07 Å². The van der Waals surface area contributed by atoms with Crippen LogP contribution >= 0.6 is 15.9 Å². The molecule has 0 saturated carbocycles. The van der Waals surface area contributed by atoms with Crippen LogP contribution in [0.2, 0.25) is 0 Å². The summed E-state index contributed by atoms with van der Waals surface area (Å²) in [6.45, 7) is 1.76. The predicted octanol–water partition coefficient (Wildman–Crippen LogP) is 2.48. The van der Waals surface area contributed by atoms with E-state index in [9.17, 15) is 4.39 Å². The maximum atomic E-state index is 13.4. The summed E-state index contributed by atoms with van der Waals surface area (Å²) < 4.78 is 15.5. The molecule has 1 aromatic heterocycles. The third kappa shape index (κ3) is 1.55. The first kappa shape index (κ1) is 9.33. The zero-order valence-corrected chi connectivity index (χ0v) is 8.99. The number of halogens is 2. The second kappa shape index (κ2) is 3.49. The first-order valence-electron chi connectivity index (χ1n) is 4.01. The molecule has 0 fully saturated rings. The van der Waals surface area contributed by atoms with Crippen LogP contribution in [0.1, 0.15) is 5.82 Å². The van der Waals surface area contributed by atoms with Gasteiger partial charge in [-0.25, -0.2) is 14.1 Å². The van der Waals surface area contributed by atoms with Gasteiger partial charge in [-0.3, -0.25) is 0 Å². The molecule has 0 aliphatic carbocycles. The van der Waals surface area contributed by atoms with Crippen LogP contribution in [0.15, 0.2) is 29.0 Å². The monoisotopic (exact) mass is 255 g/mol. The highest BCUT2D eigenvalue weighted by molar-refractivity contribution is 9.10. The largest absolute Gasteiger partial charge is 0.220 e. The molecule has 0 bridgehead atoms. The zero-order chi connectivity index (χ0) is 10.1. The van der Waals surface area contributed by atoms with Gasteiger partial charge in [0.15, 0.2) is 0 Å². The standard InChI is InChI=1S/C9H7BrFN3/c1-6-12-5-14(13-6)9-7(10)3-2-4-8(9)11/h2-5H,1H3. The summed E-state index contributed by atoms with van der Waals surface area (Å²) >= 11 is 3.26. The average molecular weight is 256 g/mol. The molecule has 5 heteroatoms. The van der Waals surface area contributed by atoms with Crippen LogP contribution < -0.4 is 0 Å². The highest BCUT2D eigenvalue weighted by Crippen LogP contribution is 2.22. The number of para-hydroxylation sites is 1. The molecule has 0 aliphatic heterocycles. The topological polar surface area (TPSA) is 30.7 Å².